The third-order valence-electron chi connectivity index (χ3n) is 2.97. The van der Waals surface area contributed by atoms with Gasteiger partial charge in [0.2, 0.25) is 0 Å². The van der Waals surface area contributed by atoms with Gasteiger partial charge >= 0.3 is 23.9 Å². The minimum Gasteiger partial charge on any atom is -0.463 e. The predicted molar refractivity (Wildman–Crippen MR) is 74.2 cm³/mol. The van der Waals surface area contributed by atoms with Gasteiger partial charge in [-0.05, 0) is 0 Å². The fourth-order valence-electron chi connectivity index (χ4n) is 2.21. The van der Waals surface area contributed by atoms with Gasteiger partial charge in [0.1, 0.15) is 12.7 Å². The summed E-state index contributed by atoms with van der Waals surface area (Å²) in [5.41, 5.74) is 0. The monoisotopic (exact) mass is 348 g/mol. The molecule has 0 aliphatic carbocycles. The highest BCUT2D eigenvalue weighted by Gasteiger charge is 2.51. The number of rotatable bonds is 5. The van der Waals surface area contributed by atoms with Gasteiger partial charge < -0.3 is 28.8 Å². The highest BCUT2D eigenvalue weighted by molar-refractivity contribution is 5.68. The lowest BCUT2D eigenvalue weighted by molar-refractivity contribution is -0.296. The van der Waals surface area contributed by atoms with Crippen molar-refractivity contribution in [2.75, 3.05) is 6.61 Å². The maximum absolute atomic E-state index is 11.3. The van der Waals surface area contributed by atoms with Crippen LogP contribution in [0.3, 0.4) is 0 Å². The second-order valence-corrected chi connectivity index (χ2v) is 5.09. The summed E-state index contributed by atoms with van der Waals surface area (Å²) in [6, 6.07) is 0. The molecule has 10 nitrogen and oxygen atoms in total. The van der Waals surface area contributed by atoms with Crippen molar-refractivity contribution in [3.8, 4) is 0 Å². The molecular formula is C14H20O10. The van der Waals surface area contributed by atoms with Gasteiger partial charge in [0.15, 0.2) is 24.6 Å². The van der Waals surface area contributed by atoms with Crippen LogP contribution in [0.25, 0.3) is 0 Å². The number of aliphatic hydroxyl groups excluding tert-OH is 1. The van der Waals surface area contributed by atoms with E-state index in [1.54, 1.807) is 0 Å². The van der Waals surface area contributed by atoms with Crippen LogP contribution in [0.4, 0.5) is 0 Å². The maximum Gasteiger partial charge on any atom is 0.303 e. The number of hydrogen-bond acceptors (Lipinski definition) is 10. The zero-order valence-electron chi connectivity index (χ0n) is 13.7. The summed E-state index contributed by atoms with van der Waals surface area (Å²) >= 11 is 0. The number of aliphatic hydroxyl groups is 1. The Morgan fingerprint density at radius 1 is 0.792 bits per heavy atom. The Balaban J connectivity index is 3.11. The van der Waals surface area contributed by atoms with E-state index < -0.39 is 54.6 Å². The normalized spacial score (nSPS) is 29.3. The Bertz CT molecular complexity index is 502. The second kappa shape index (κ2) is 8.60. The Morgan fingerprint density at radius 3 is 1.71 bits per heavy atom. The molecule has 0 aromatic carbocycles. The molecule has 0 saturated carbocycles. The zero-order chi connectivity index (χ0) is 18.4. The van der Waals surface area contributed by atoms with Crippen molar-refractivity contribution >= 4 is 23.9 Å². The fourth-order valence-corrected chi connectivity index (χ4v) is 2.21. The number of hydrogen-bond donors (Lipinski definition) is 1. The summed E-state index contributed by atoms with van der Waals surface area (Å²) in [4.78, 5) is 44.9. The van der Waals surface area contributed by atoms with Crippen molar-refractivity contribution in [1.29, 1.82) is 0 Å². The van der Waals surface area contributed by atoms with Gasteiger partial charge in [-0.15, -0.1) is 0 Å². The van der Waals surface area contributed by atoms with Crippen LogP contribution in [-0.4, -0.2) is 66.3 Å². The van der Waals surface area contributed by atoms with Gasteiger partial charge in [0.25, 0.3) is 0 Å². The van der Waals surface area contributed by atoms with Crippen LogP contribution >= 0.6 is 0 Å². The van der Waals surface area contributed by atoms with Crippen LogP contribution in [0.5, 0.6) is 0 Å². The predicted octanol–water partition coefficient (Wildman–Crippen LogP) is -0.938. The van der Waals surface area contributed by atoms with E-state index in [9.17, 15) is 24.3 Å². The van der Waals surface area contributed by atoms with Gasteiger partial charge in [-0.3, -0.25) is 19.2 Å². The van der Waals surface area contributed by atoms with Crippen LogP contribution in [0.1, 0.15) is 27.7 Å². The molecule has 1 fully saturated rings. The van der Waals surface area contributed by atoms with Gasteiger partial charge in [0, 0.05) is 27.7 Å². The average Bonchev–Trinajstić information content (AvgIpc) is 2.42. The molecule has 136 valence electrons. The first-order valence-corrected chi connectivity index (χ1v) is 7.10. The molecule has 10 heteroatoms. The summed E-state index contributed by atoms with van der Waals surface area (Å²) in [5.74, 6) is -2.87. The molecule has 1 aliphatic heterocycles. The van der Waals surface area contributed by atoms with E-state index in [0.717, 1.165) is 27.7 Å². The summed E-state index contributed by atoms with van der Waals surface area (Å²) in [6.45, 7) is 4.09. The molecule has 0 radical (unpaired) electrons. The lowest BCUT2D eigenvalue weighted by Crippen LogP contribution is -2.62. The number of ether oxygens (including phenoxy) is 5. The Labute approximate surface area is 137 Å². The van der Waals surface area contributed by atoms with Gasteiger partial charge in [-0.25, -0.2) is 0 Å². The molecule has 1 saturated heterocycles. The molecule has 0 bridgehead atoms. The van der Waals surface area contributed by atoms with Crippen molar-refractivity contribution in [2.45, 2.75) is 58.4 Å². The largest absolute Gasteiger partial charge is 0.463 e. The summed E-state index contributed by atoms with van der Waals surface area (Å²) in [7, 11) is 0. The minimum atomic E-state index is -1.68. The summed E-state index contributed by atoms with van der Waals surface area (Å²) in [5, 5.41) is 10.0. The summed E-state index contributed by atoms with van der Waals surface area (Å²) in [6.07, 6.45) is -6.79. The minimum absolute atomic E-state index is 0.366. The molecule has 24 heavy (non-hydrogen) atoms. The molecule has 3 unspecified atom stereocenters. The molecule has 0 aromatic heterocycles. The molecule has 1 N–H and O–H groups in total. The van der Waals surface area contributed by atoms with Crippen LogP contribution in [0, 0.1) is 0 Å². The van der Waals surface area contributed by atoms with E-state index in [2.05, 4.69) is 0 Å². The van der Waals surface area contributed by atoms with Gasteiger partial charge in [-0.2, -0.15) is 0 Å². The van der Waals surface area contributed by atoms with Crippen LogP contribution in [0.2, 0.25) is 0 Å². The van der Waals surface area contributed by atoms with Crippen LogP contribution < -0.4 is 0 Å². The molecule has 0 spiro atoms. The molecule has 0 amide bonds. The van der Waals surface area contributed by atoms with Gasteiger partial charge in [0.05, 0.1) is 0 Å². The van der Waals surface area contributed by atoms with E-state index in [0.29, 0.717) is 0 Å². The van der Waals surface area contributed by atoms with Crippen LogP contribution in [0.15, 0.2) is 0 Å². The first kappa shape index (κ1) is 19.8. The quantitative estimate of drug-likeness (QED) is 0.490. The van der Waals surface area contributed by atoms with Crippen LogP contribution in [-0.2, 0) is 42.9 Å². The fraction of sp³-hybridized carbons (Fsp3) is 0.714. The topological polar surface area (TPSA) is 135 Å². The molecular weight excluding hydrogens is 328 g/mol. The van der Waals surface area contributed by atoms with Crippen molar-refractivity contribution in [3.63, 3.8) is 0 Å². The lowest BCUT2D eigenvalue weighted by Gasteiger charge is -2.42. The van der Waals surface area contributed by atoms with E-state index >= 15 is 0 Å². The average molecular weight is 348 g/mol. The van der Waals surface area contributed by atoms with E-state index in [1.807, 2.05) is 0 Å². The molecule has 1 aliphatic rings. The Hall–Kier alpha value is -2.20. The molecule has 1 rings (SSSR count). The smallest absolute Gasteiger partial charge is 0.303 e. The Kier molecular flexibility index (Phi) is 7.11. The summed E-state index contributed by atoms with van der Waals surface area (Å²) < 4.78 is 25.0. The van der Waals surface area contributed by atoms with E-state index in [-0.39, 0.29) is 6.61 Å². The maximum atomic E-state index is 11.3. The van der Waals surface area contributed by atoms with Crippen molar-refractivity contribution in [3.05, 3.63) is 0 Å². The SMILES string of the molecule is CC(=O)OCC1OC(O)[C@@H](OC(C)=O)C(OC(C)=O)[C@@H]1OC(C)=O. The third-order valence-corrected chi connectivity index (χ3v) is 2.97. The highest BCUT2D eigenvalue weighted by atomic mass is 16.7. The molecule has 5 atom stereocenters. The third kappa shape index (κ3) is 5.78. The number of esters is 4. The van der Waals surface area contributed by atoms with Crippen molar-refractivity contribution in [1.82, 2.24) is 0 Å². The zero-order valence-corrected chi connectivity index (χ0v) is 13.7. The van der Waals surface area contributed by atoms with E-state index in [1.165, 1.54) is 0 Å². The standard InChI is InChI=1S/C14H20O10/c1-6(15)20-5-10-11(21-7(2)16)12(22-8(3)17)13(14(19)24-10)23-9(4)18/h10-14,19H,5H2,1-4H3/t10?,11-,12?,13+,14?/m1/s1. The number of carbonyl (C=O) groups is 4. The Morgan fingerprint density at radius 2 is 1.25 bits per heavy atom. The molecule has 1 heterocycles. The van der Waals surface area contributed by atoms with Gasteiger partial charge in [-0.1, -0.05) is 0 Å². The van der Waals surface area contributed by atoms with E-state index in [4.69, 9.17) is 23.7 Å². The second-order valence-electron chi connectivity index (χ2n) is 5.09. The lowest BCUT2D eigenvalue weighted by atomic mass is 9.98. The number of carbonyl (C=O) groups excluding carboxylic acids is 4. The molecule has 0 aromatic rings. The van der Waals surface area contributed by atoms with Crippen molar-refractivity contribution < 1.29 is 48.0 Å². The first-order chi connectivity index (χ1) is 11.1. The van der Waals surface area contributed by atoms with Crippen molar-refractivity contribution in [2.24, 2.45) is 0 Å². The first-order valence-electron chi connectivity index (χ1n) is 7.10. The highest BCUT2D eigenvalue weighted by Crippen LogP contribution is 2.28.